The first-order valence-electron chi connectivity index (χ1n) is 6.95. The Balaban J connectivity index is 0.00000180. The topological polar surface area (TPSA) is 0 Å². The molecule has 0 aliphatic rings. The predicted molar refractivity (Wildman–Crippen MR) is 90.2 cm³/mol. The fourth-order valence-electron chi connectivity index (χ4n) is 2.27. The number of rotatable bonds is 5. The quantitative estimate of drug-likeness (QED) is 0.595. The minimum absolute atomic E-state index is 0. The molecule has 0 bridgehead atoms. The van der Waals surface area contributed by atoms with Crippen LogP contribution in [0.2, 0.25) is 0 Å². The summed E-state index contributed by atoms with van der Waals surface area (Å²) in [4.78, 5) is 0. The molecule has 0 spiro atoms. The van der Waals surface area contributed by atoms with E-state index in [-0.39, 0.29) is 17.0 Å². The minimum atomic E-state index is 0. The molecule has 0 aliphatic heterocycles. The van der Waals surface area contributed by atoms with Gasteiger partial charge >= 0.3 is 0 Å². The Kier molecular flexibility index (Phi) is 6.86. The molecule has 2 rings (SSSR count). The largest absolute Gasteiger partial charge is 0.114 e. The molecule has 1 heteroatoms. The Morgan fingerprint density at radius 3 is 2.21 bits per heavy atom. The Morgan fingerprint density at radius 1 is 0.842 bits per heavy atom. The lowest BCUT2D eigenvalue weighted by Crippen LogP contribution is -1.86. The van der Waals surface area contributed by atoms with E-state index in [0.717, 1.165) is 0 Å². The van der Waals surface area contributed by atoms with Gasteiger partial charge in [-0.05, 0) is 36.5 Å². The van der Waals surface area contributed by atoms with E-state index in [0.29, 0.717) is 0 Å². The van der Waals surface area contributed by atoms with E-state index in [4.69, 9.17) is 0 Å². The Hall–Kier alpha value is -1.08. The molecule has 0 N–H and O–H groups in total. The highest BCUT2D eigenvalue weighted by Gasteiger charge is 1.98. The number of unbranched alkanes of at least 4 members (excludes halogenated alkanes) is 2. The van der Waals surface area contributed by atoms with Crippen LogP contribution < -0.4 is 0 Å². The van der Waals surface area contributed by atoms with Crippen LogP contribution in [0.15, 0.2) is 48.5 Å². The molecule has 0 saturated carbocycles. The highest BCUT2D eigenvalue weighted by atomic mass is 79.9. The van der Waals surface area contributed by atoms with Gasteiger partial charge in [-0.25, -0.2) is 0 Å². The summed E-state index contributed by atoms with van der Waals surface area (Å²) >= 11 is 0. The summed E-state index contributed by atoms with van der Waals surface area (Å²) in [5.41, 5.74) is 5.41. The molecule has 0 unspecified atom stereocenters. The molecule has 0 aliphatic carbocycles. The predicted octanol–water partition coefficient (Wildman–Crippen LogP) is 5.97. The van der Waals surface area contributed by atoms with Crippen LogP contribution in [0.25, 0.3) is 11.1 Å². The Labute approximate surface area is 127 Å². The third-order valence-electron chi connectivity index (χ3n) is 3.37. The number of benzene rings is 2. The lowest BCUT2D eigenvalue weighted by molar-refractivity contribution is 0.717. The van der Waals surface area contributed by atoms with Crippen molar-refractivity contribution >= 4 is 17.0 Å². The molecule has 0 saturated heterocycles. The van der Waals surface area contributed by atoms with Gasteiger partial charge in [-0.3, -0.25) is 0 Å². The van der Waals surface area contributed by atoms with Crippen molar-refractivity contribution in [2.75, 3.05) is 0 Å². The molecule has 0 amide bonds. The van der Waals surface area contributed by atoms with E-state index in [1.807, 2.05) is 0 Å². The molecule has 0 nitrogen and oxygen atoms in total. The van der Waals surface area contributed by atoms with E-state index < -0.39 is 0 Å². The first-order valence-corrected chi connectivity index (χ1v) is 6.95. The molecule has 2 aromatic rings. The van der Waals surface area contributed by atoms with E-state index in [2.05, 4.69) is 62.4 Å². The highest BCUT2D eigenvalue weighted by Crippen LogP contribution is 2.21. The first-order chi connectivity index (χ1) is 8.79. The van der Waals surface area contributed by atoms with Crippen molar-refractivity contribution in [2.45, 2.75) is 39.5 Å². The summed E-state index contributed by atoms with van der Waals surface area (Å²) in [6.07, 6.45) is 5.14. The molecule has 0 atom stereocenters. The smallest absolute Gasteiger partial charge is 0.0181 e. The second-order valence-electron chi connectivity index (χ2n) is 5.02. The number of hydrogen-bond acceptors (Lipinski definition) is 0. The molecular weight excluding hydrogens is 296 g/mol. The fourth-order valence-corrected chi connectivity index (χ4v) is 2.27. The Bertz CT molecular complexity index is 485. The van der Waals surface area contributed by atoms with Crippen LogP contribution in [0.1, 0.15) is 37.3 Å². The second kappa shape index (κ2) is 8.16. The van der Waals surface area contributed by atoms with Crippen molar-refractivity contribution in [1.82, 2.24) is 0 Å². The fraction of sp³-hybridized carbons (Fsp3) is 0.333. The summed E-state index contributed by atoms with van der Waals surface area (Å²) < 4.78 is 0. The third-order valence-corrected chi connectivity index (χ3v) is 3.37. The molecule has 2 aromatic carbocycles. The molecule has 0 heterocycles. The van der Waals surface area contributed by atoms with Crippen molar-refractivity contribution in [2.24, 2.45) is 0 Å². The van der Waals surface area contributed by atoms with E-state index in [9.17, 15) is 0 Å². The number of aryl methyl sites for hydroxylation is 2. The van der Waals surface area contributed by atoms with Crippen molar-refractivity contribution in [3.8, 4) is 11.1 Å². The maximum absolute atomic E-state index is 2.27. The standard InChI is InChI=1S/C18H22.BrH/c1-3-4-5-8-16-10-12-17(13-11-16)18-9-6-7-15(2)14-18;/h6-7,9-14H,3-5,8H2,1-2H3;1H. The van der Waals surface area contributed by atoms with E-state index in [1.54, 1.807) is 0 Å². The molecule has 0 aromatic heterocycles. The lowest BCUT2D eigenvalue weighted by atomic mass is 10.0. The minimum Gasteiger partial charge on any atom is -0.114 e. The van der Waals surface area contributed by atoms with Gasteiger partial charge in [0.1, 0.15) is 0 Å². The van der Waals surface area contributed by atoms with Crippen LogP contribution in [-0.4, -0.2) is 0 Å². The van der Waals surface area contributed by atoms with Crippen LogP contribution in [0.3, 0.4) is 0 Å². The SMILES string of the molecule is Br.CCCCCc1ccc(-c2cccc(C)c2)cc1. The number of halogens is 1. The van der Waals surface area contributed by atoms with Gasteiger partial charge in [0.05, 0.1) is 0 Å². The van der Waals surface area contributed by atoms with Crippen molar-refractivity contribution in [3.05, 3.63) is 59.7 Å². The maximum atomic E-state index is 2.27. The summed E-state index contributed by atoms with van der Waals surface area (Å²) in [5, 5.41) is 0. The van der Waals surface area contributed by atoms with Gasteiger partial charge in [0, 0.05) is 0 Å². The zero-order valence-electron chi connectivity index (χ0n) is 11.9. The first kappa shape index (κ1) is 16.0. The van der Waals surface area contributed by atoms with Crippen LogP contribution in [0.4, 0.5) is 0 Å². The molecule has 0 radical (unpaired) electrons. The summed E-state index contributed by atoms with van der Waals surface area (Å²) in [7, 11) is 0. The van der Waals surface area contributed by atoms with Gasteiger partial charge in [-0.15, -0.1) is 17.0 Å². The number of hydrogen-bond donors (Lipinski definition) is 0. The molecule has 102 valence electrons. The normalized spacial score (nSPS) is 10.0. The van der Waals surface area contributed by atoms with Gasteiger partial charge in [0.25, 0.3) is 0 Å². The van der Waals surface area contributed by atoms with Crippen LogP contribution in [-0.2, 0) is 6.42 Å². The molecule has 0 fully saturated rings. The van der Waals surface area contributed by atoms with Gasteiger partial charge < -0.3 is 0 Å². The molecule has 19 heavy (non-hydrogen) atoms. The second-order valence-corrected chi connectivity index (χ2v) is 5.02. The Morgan fingerprint density at radius 2 is 1.58 bits per heavy atom. The van der Waals surface area contributed by atoms with Crippen molar-refractivity contribution in [3.63, 3.8) is 0 Å². The average Bonchev–Trinajstić information content (AvgIpc) is 2.40. The summed E-state index contributed by atoms with van der Waals surface area (Å²) in [6, 6.07) is 17.7. The monoisotopic (exact) mass is 318 g/mol. The third kappa shape index (κ3) is 4.83. The average molecular weight is 319 g/mol. The molecular formula is C18H23Br. The maximum Gasteiger partial charge on any atom is -0.0181 e. The van der Waals surface area contributed by atoms with Gasteiger partial charge in [-0.2, -0.15) is 0 Å². The van der Waals surface area contributed by atoms with Gasteiger partial charge in [0.15, 0.2) is 0 Å². The lowest BCUT2D eigenvalue weighted by Gasteiger charge is -2.05. The summed E-state index contributed by atoms with van der Waals surface area (Å²) in [5.74, 6) is 0. The van der Waals surface area contributed by atoms with Crippen molar-refractivity contribution < 1.29 is 0 Å². The van der Waals surface area contributed by atoms with E-state index in [1.165, 1.54) is 47.9 Å². The van der Waals surface area contributed by atoms with Crippen molar-refractivity contribution in [1.29, 1.82) is 0 Å². The zero-order valence-corrected chi connectivity index (χ0v) is 13.6. The highest BCUT2D eigenvalue weighted by molar-refractivity contribution is 8.93. The van der Waals surface area contributed by atoms with Gasteiger partial charge in [-0.1, -0.05) is 73.9 Å². The van der Waals surface area contributed by atoms with E-state index >= 15 is 0 Å². The van der Waals surface area contributed by atoms with Crippen LogP contribution >= 0.6 is 17.0 Å². The zero-order chi connectivity index (χ0) is 12.8. The summed E-state index contributed by atoms with van der Waals surface area (Å²) in [6.45, 7) is 4.39. The van der Waals surface area contributed by atoms with Crippen LogP contribution in [0.5, 0.6) is 0 Å². The van der Waals surface area contributed by atoms with Gasteiger partial charge in [0.2, 0.25) is 0 Å². The van der Waals surface area contributed by atoms with Crippen LogP contribution in [0, 0.1) is 6.92 Å².